The molecule has 1 amide bonds. The summed E-state index contributed by atoms with van der Waals surface area (Å²) in [6.45, 7) is 6.11. The van der Waals surface area contributed by atoms with Gasteiger partial charge in [0.2, 0.25) is 0 Å². The van der Waals surface area contributed by atoms with Crippen molar-refractivity contribution in [2.75, 3.05) is 45.9 Å². The third-order valence-corrected chi connectivity index (χ3v) is 8.89. The molecule has 194 valence electrons. The van der Waals surface area contributed by atoms with Crippen molar-refractivity contribution in [2.45, 2.75) is 50.4 Å². The molecule has 4 nitrogen and oxygen atoms in total. The first-order valence-electron chi connectivity index (χ1n) is 13.6. The number of carbonyl (C=O) groups is 1. The lowest BCUT2D eigenvalue weighted by Gasteiger charge is -2.45. The van der Waals surface area contributed by atoms with Gasteiger partial charge in [0.1, 0.15) is 0 Å². The van der Waals surface area contributed by atoms with Crippen molar-refractivity contribution >= 4 is 5.91 Å². The van der Waals surface area contributed by atoms with Crippen molar-refractivity contribution in [3.05, 3.63) is 71.3 Å². The summed E-state index contributed by atoms with van der Waals surface area (Å²) in [6.07, 6.45) is 7.38. The normalized spacial score (nSPS) is 24.7. The first-order valence-corrected chi connectivity index (χ1v) is 13.6. The molecule has 0 radical (unpaired) electrons. The van der Waals surface area contributed by atoms with Gasteiger partial charge in [0, 0.05) is 37.3 Å². The molecule has 3 fully saturated rings. The van der Waals surface area contributed by atoms with Crippen molar-refractivity contribution in [3.63, 3.8) is 0 Å². The molecule has 3 aliphatic rings. The number of ether oxygens (including phenoxy) is 1. The maximum atomic E-state index is 14.4. The zero-order valence-electron chi connectivity index (χ0n) is 21.1. The van der Waals surface area contributed by atoms with E-state index in [1.54, 1.807) is 6.07 Å². The Morgan fingerprint density at radius 3 is 2.36 bits per heavy atom. The average Bonchev–Trinajstić information content (AvgIpc) is 2.94. The van der Waals surface area contributed by atoms with Crippen LogP contribution in [0.3, 0.4) is 0 Å². The molecule has 2 aromatic rings. The summed E-state index contributed by atoms with van der Waals surface area (Å²) >= 11 is 0. The number of nitrogens with zero attached hydrogens (tertiary/aromatic N) is 2. The minimum absolute atomic E-state index is 0.0135. The van der Waals surface area contributed by atoms with Crippen molar-refractivity contribution in [2.24, 2.45) is 11.8 Å². The molecule has 0 aliphatic carbocycles. The molecule has 0 aromatic heterocycles. The number of benzene rings is 2. The number of likely N-dealkylation sites (tertiary alicyclic amines) is 2. The molecule has 0 saturated carbocycles. The fourth-order valence-corrected chi connectivity index (χ4v) is 6.69. The average molecular weight is 497 g/mol. The fourth-order valence-electron chi connectivity index (χ4n) is 6.69. The van der Waals surface area contributed by atoms with Crippen LogP contribution in [0.5, 0.6) is 0 Å². The van der Waals surface area contributed by atoms with Crippen LogP contribution in [0.1, 0.15) is 60.9 Å². The summed E-state index contributed by atoms with van der Waals surface area (Å²) in [5, 5.41) is 0. The van der Waals surface area contributed by atoms with Gasteiger partial charge in [-0.2, -0.15) is 0 Å². The topological polar surface area (TPSA) is 32.8 Å². The number of rotatable bonds is 6. The van der Waals surface area contributed by atoms with E-state index in [0.29, 0.717) is 18.7 Å². The smallest absolute Gasteiger partial charge is 0.253 e. The van der Waals surface area contributed by atoms with E-state index in [1.807, 2.05) is 35.2 Å². The number of piperidine rings is 2. The Kier molecular flexibility index (Phi) is 8.02. The van der Waals surface area contributed by atoms with Crippen LogP contribution >= 0.6 is 0 Å². The highest BCUT2D eigenvalue weighted by Crippen LogP contribution is 2.39. The van der Waals surface area contributed by atoms with Gasteiger partial charge in [-0.05, 0) is 106 Å². The first kappa shape index (κ1) is 25.3. The second-order valence-electron chi connectivity index (χ2n) is 11.0. The van der Waals surface area contributed by atoms with Crippen LogP contribution in [-0.2, 0) is 10.2 Å². The molecule has 0 spiro atoms. The zero-order valence-corrected chi connectivity index (χ0v) is 21.1. The molecule has 6 heteroatoms. The van der Waals surface area contributed by atoms with Gasteiger partial charge in [-0.1, -0.05) is 24.3 Å². The Morgan fingerprint density at radius 2 is 1.64 bits per heavy atom. The number of carbonyl (C=O) groups excluding carboxylic acids is 1. The van der Waals surface area contributed by atoms with Gasteiger partial charge in [0.15, 0.2) is 11.6 Å². The summed E-state index contributed by atoms with van der Waals surface area (Å²) in [6, 6.07) is 13.7. The summed E-state index contributed by atoms with van der Waals surface area (Å²) in [5.74, 6) is -0.0309. The molecular formula is C30H38F2N2O2. The highest BCUT2D eigenvalue weighted by Gasteiger charge is 2.40. The monoisotopic (exact) mass is 496 g/mol. The van der Waals surface area contributed by atoms with Crippen LogP contribution in [0.2, 0.25) is 0 Å². The van der Waals surface area contributed by atoms with E-state index in [4.69, 9.17) is 4.74 Å². The number of hydrogen-bond acceptors (Lipinski definition) is 3. The highest BCUT2D eigenvalue weighted by atomic mass is 19.2. The Balaban J connectivity index is 1.29. The molecule has 0 N–H and O–H groups in total. The predicted octanol–water partition coefficient (Wildman–Crippen LogP) is 5.67. The van der Waals surface area contributed by atoms with Gasteiger partial charge in [-0.3, -0.25) is 4.79 Å². The molecule has 3 aliphatic heterocycles. The Hall–Kier alpha value is -2.31. The lowest BCUT2D eigenvalue weighted by Crippen LogP contribution is -2.50. The lowest BCUT2D eigenvalue weighted by molar-refractivity contribution is 0.0286. The Bertz CT molecular complexity index is 1020. The zero-order chi connectivity index (χ0) is 25.0. The number of amides is 1. The quantitative estimate of drug-likeness (QED) is 0.517. The van der Waals surface area contributed by atoms with E-state index in [0.717, 1.165) is 69.5 Å². The molecule has 36 heavy (non-hydrogen) atoms. The van der Waals surface area contributed by atoms with Crippen molar-refractivity contribution < 1.29 is 18.3 Å². The van der Waals surface area contributed by atoms with E-state index in [2.05, 4.69) is 4.90 Å². The molecular weight excluding hydrogens is 458 g/mol. The second-order valence-corrected chi connectivity index (χ2v) is 11.0. The lowest BCUT2D eigenvalue weighted by atomic mass is 9.71. The molecule has 0 bridgehead atoms. The summed E-state index contributed by atoms with van der Waals surface area (Å²) in [4.78, 5) is 17.8. The Morgan fingerprint density at radius 1 is 0.917 bits per heavy atom. The van der Waals surface area contributed by atoms with E-state index in [1.165, 1.54) is 37.8 Å². The van der Waals surface area contributed by atoms with E-state index in [9.17, 15) is 13.6 Å². The largest absolute Gasteiger partial charge is 0.381 e. The van der Waals surface area contributed by atoms with Gasteiger partial charge in [0.25, 0.3) is 5.91 Å². The van der Waals surface area contributed by atoms with Crippen LogP contribution in [0, 0.1) is 23.5 Å². The van der Waals surface area contributed by atoms with Gasteiger partial charge in [-0.25, -0.2) is 8.78 Å². The van der Waals surface area contributed by atoms with E-state index in [-0.39, 0.29) is 11.3 Å². The minimum Gasteiger partial charge on any atom is -0.381 e. The molecule has 5 rings (SSSR count). The maximum absolute atomic E-state index is 14.4. The van der Waals surface area contributed by atoms with Crippen molar-refractivity contribution in [1.29, 1.82) is 0 Å². The molecule has 3 heterocycles. The van der Waals surface area contributed by atoms with Crippen LogP contribution in [0.4, 0.5) is 8.78 Å². The molecule has 0 unspecified atom stereocenters. The summed E-state index contributed by atoms with van der Waals surface area (Å²) in [7, 11) is 0. The number of hydrogen-bond donors (Lipinski definition) is 0. The summed E-state index contributed by atoms with van der Waals surface area (Å²) < 4.78 is 33.7. The third-order valence-electron chi connectivity index (χ3n) is 8.89. The van der Waals surface area contributed by atoms with Gasteiger partial charge in [-0.15, -0.1) is 0 Å². The van der Waals surface area contributed by atoms with Crippen LogP contribution < -0.4 is 0 Å². The van der Waals surface area contributed by atoms with Crippen LogP contribution in [-0.4, -0.2) is 61.6 Å². The maximum Gasteiger partial charge on any atom is 0.253 e. The third kappa shape index (κ3) is 5.65. The van der Waals surface area contributed by atoms with E-state index >= 15 is 0 Å². The van der Waals surface area contributed by atoms with Crippen LogP contribution in [0.15, 0.2) is 48.5 Å². The molecule has 2 aromatic carbocycles. The Labute approximate surface area is 213 Å². The van der Waals surface area contributed by atoms with Gasteiger partial charge < -0.3 is 14.5 Å². The van der Waals surface area contributed by atoms with E-state index < -0.39 is 11.6 Å². The van der Waals surface area contributed by atoms with Gasteiger partial charge in [0.05, 0.1) is 0 Å². The number of halogens is 2. The van der Waals surface area contributed by atoms with Gasteiger partial charge >= 0.3 is 0 Å². The highest BCUT2D eigenvalue weighted by molar-refractivity contribution is 5.94. The second kappa shape index (κ2) is 11.4. The van der Waals surface area contributed by atoms with Crippen molar-refractivity contribution in [3.8, 4) is 0 Å². The predicted molar refractivity (Wildman–Crippen MR) is 137 cm³/mol. The minimum atomic E-state index is -0.822. The summed E-state index contributed by atoms with van der Waals surface area (Å²) in [5.41, 5.74) is 1.10. The van der Waals surface area contributed by atoms with Crippen LogP contribution in [0.25, 0.3) is 0 Å². The molecule has 3 saturated heterocycles. The standard InChI is InChI=1S/C30H38F2N2O2/c31-27-8-7-26(21-28(27)32)30(13-4-15-34(22-30)29(35)25-5-2-1-3-6-25)14-18-33-16-9-23(10-17-33)24-11-19-36-20-12-24/h1-3,5-8,21,23-24H,4,9-20,22H2/t30-/m1/s1. The fraction of sp³-hybridized carbons (Fsp3) is 0.567. The molecule has 1 atom stereocenters. The SMILES string of the molecule is O=C(c1ccccc1)N1CCC[C@](CCN2CCC(C3CCOCC3)CC2)(c2ccc(F)c(F)c2)C1. The first-order chi connectivity index (χ1) is 17.5. The van der Waals surface area contributed by atoms with Crippen molar-refractivity contribution in [1.82, 2.24) is 9.80 Å².